The fraction of sp³-hybridized carbons (Fsp3) is 0.150. The highest BCUT2D eigenvalue weighted by molar-refractivity contribution is 5.91. The van der Waals surface area contributed by atoms with Crippen LogP contribution in [0.1, 0.15) is 16.8 Å². The molecule has 1 aliphatic heterocycles. The Kier molecular flexibility index (Phi) is 4.82. The van der Waals surface area contributed by atoms with E-state index in [4.69, 9.17) is 9.47 Å². The summed E-state index contributed by atoms with van der Waals surface area (Å²) in [5, 5.41) is 11.0. The summed E-state index contributed by atoms with van der Waals surface area (Å²) in [5.41, 5.74) is 2.71. The van der Waals surface area contributed by atoms with Gasteiger partial charge in [0.05, 0.1) is 12.7 Å². The highest BCUT2D eigenvalue weighted by Gasteiger charge is 2.13. The van der Waals surface area contributed by atoms with Gasteiger partial charge in [-0.1, -0.05) is 41.6 Å². The molecule has 0 atom stereocenters. The summed E-state index contributed by atoms with van der Waals surface area (Å²) >= 11 is 0. The number of aromatic nitrogens is 3. The monoisotopic (exact) mass is 362 g/mol. The predicted molar refractivity (Wildman–Crippen MR) is 99.0 cm³/mol. The van der Waals surface area contributed by atoms with E-state index in [0.29, 0.717) is 24.5 Å². The zero-order chi connectivity index (χ0) is 18.5. The van der Waals surface area contributed by atoms with Crippen molar-refractivity contribution < 1.29 is 14.3 Å². The Balaban J connectivity index is 1.30. The van der Waals surface area contributed by atoms with Gasteiger partial charge in [-0.3, -0.25) is 4.79 Å². The summed E-state index contributed by atoms with van der Waals surface area (Å²) in [6.45, 7) is 1.28. The average Bonchev–Trinajstić information content (AvgIpc) is 3.34. The van der Waals surface area contributed by atoms with E-state index < -0.39 is 0 Å². The predicted octanol–water partition coefficient (Wildman–Crippen LogP) is 2.38. The zero-order valence-corrected chi connectivity index (χ0v) is 14.5. The Bertz CT molecular complexity index is 966. The van der Waals surface area contributed by atoms with E-state index in [0.717, 1.165) is 16.9 Å². The van der Waals surface area contributed by atoms with Crippen molar-refractivity contribution in [3.63, 3.8) is 0 Å². The second kappa shape index (κ2) is 7.74. The summed E-state index contributed by atoms with van der Waals surface area (Å²) in [5.74, 6) is 1.22. The third-order valence-corrected chi connectivity index (χ3v) is 4.05. The molecular formula is C20H18N4O3. The Morgan fingerprint density at radius 1 is 1.11 bits per heavy atom. The van der Waals surface area contributed by atoms with Crippen molar-refractivity contribution >= 4 is 12.0 Å². The fourth-order valence-electron chi connectivity index (χ4n) is 2.70. The average molecular weight is 362 g/mol. The second-order valence-electron chi connectivity index (χ2n) is 6.07. The number of rotatable bonds is 6. The van der Waals surface area contributed by atoms with Gasteiger partial charge in [0.2, 0.25) is 12.7 Å². The number of fused-ring (bicyclic) bond motifs is 1. The number of benzene rings is 2. The molecule has 136 valence electrons. The standard InChI is InChI=1S/C20H18N4O3/c25-20(21-11-16-6-8-18-19(10-16)27-14-26-18)9-7-17-13-24(23-22-17)12-15-4-2-1-3-5-15/h1-10,13H,11-12,14H2,(H,21,25)/b9-7+. The number of amides is 1. The van der Waals surface area contributed by atoms with Crippen molar-refractivity contribution in [3.05, 3.63) is 77.6 Å². The van der Waals surface area contributed by atoms with Gasteiger partial charge in [-0.05, 0) is 29.3 Å². The Labute approximate surface area is 156 Å². The van der Waals surface area contributed by atoms with E-state index in [1.54, 1.807) is 17.0 Å². The van der Waals surface area contributed by atoms with Crippen LogP contribution in [0, 0.1) is 0 Å². The first-order chi connectivity index (χ1) is 13.3. The summed E-state index contributed by atoms with van der Waals surface area (Å²) in [7, 11) is 0. The Hall–Kier alpha value is -3.61. The third kappa shape index (κ3) is 4.33. The molecular weight excluding hydrogens is 344 g/mol. The molecule has 1 aliphatic rings. The molecule has 2 heterocycles. The van der Waals surface area contributed by atoms with Gasteiger partial charge in [0, 0.05) is 12.6 Å². The van der Waals surface area contributed by atoms with Crippen LogP contribution in [-0.4, -0.2) is 27.7 Å². The molecule has 0 saturated carbocycles. The summed E-state index contributed by atoms with van der Waals surface area (Å²) in [6.07, 6.45) is 4.89. The topological polar surface area (TPSA) is 78.3 Å². The molecule has 1 aromatic heterocycles. The quantitative estimate of drug-likeness (QED) is 0.681. The lowest BCUT2D eigenvalue weighted by molar-refractivity contribution is -0.116. The van der Waals surface area contributed by atoms with Crippen molar-refractivity contribution in [2.45, 2.75) is 13.1 Å². The molecule has 0 fully saturated rings. The minimum atomic E-state index is -0.203. The molecule has 0 aliphatic carbocycles. The normalized spacial score (nSPS) is 12.4. The molecule has 1 amide bonds. The highest BCUT2D eigenvalue weighted by atomic mass is 16.7. The number of hydrogen-bond donors (Lipinski definition) is 1. The zero-order valence-electron chi connectivity index (χ0n) is 14.5. The van der Waals surface area contributed by atoms with Gasteiger partial charge in [-0.25, -0.2) is 4.68 Å². The molecule has 3 aromatic rings. The lowest BCUT2D eigenvalue weighted by Gasteiger charge is -2.03. The van der Waals surface area contributed by atoms with Crippen LogP contribution < -0.4 is 14.8 Å². The third-order valence-electron chi connectivity index (χ3n) is 4.05. The van der Waals surface area contributed by atoms with E-state index >= 15 is 0 Å². The van der Waals surface area contributed by atoms with Crippen LogP contribution in [0.15, 0.2) is 60.8 Å². The van der Waals surface area contributed by atoms with Crippen molar-refractivity contribution in [1.29, 1.82) is 0 Å². The molecule has 7 nitrogen and oxygen atoms in total. The smallest absolute Gasteiger partial charge is 0.244 e. The van der Waals surface area contributed by atoms with Gasteiger partial charge in [-0.2, -0.15) is 0 Å². The summed E-state index contributed by atoms with van der Waals surface area (Å²) in [6, 6.07) is 15.6. The maximum Gasteiger partial charge on any atom is 0.244 e. The Morgan fingerprint density at radius 3 is 2.85 bits per heavy atom. The molecule has 0 saturated heterocycles. The maximum atomic E-state index is 12.0. The number of carbonyl (C=O) groups is 1. The van der Waals surface area contributed by atoms with Gasteiger partial charge in [0.15, 0.2) is 11.5 Å². The van der Waals surface area contributed by atoms with Crippen LogP contribution in [-0.2, 0) is 17.9 Å². The molecule has 2 aromatic carbocycles. The molecule has 7 heteroatoms. The summed E-state index contributed by atoms with van der Waals surface area (Å²) in [4.78, 5) is 12.0. The fourth-order valence-corrected chi connectivity index (χ4v) is 2.70. The van der Waals surface area contributed by atoms with Crippen LogP contribution in [0.5, 0.6) is 11.5 Å². The van der Waals surface area contributed by atoms with E-state index in [2.05, 4.69) is 15.6 Å². The Morgan fingerprint density at radius 2 is 1.96 bits per heavy atom. The molecule has 4 rings (SSSR count). The van der Waals surface area contributed by atoms with E-state index in [1.807, 2.05) is 48.5 Å². The van der Waals surface area contributed by atoms with Crippen LogP contribution in [0.3, 0.4) is 0 Å². The highest BCUT2D eigenvalue weighted by Crippen LogP contribution is 2.32. The van der Waals surface area contributed by atoms with Crippen molar-refractivity contribution in [2.24, 2.45) is 0 Å². The second-order valence-corrected chi connectivity index (χ2v) is 6.07. The molecule has 0 radical (unpaired) electrons. The lowest BCUT2D eigenvalue weighted by Crippen LogP contribution is -2.20. The lowest BCUT2D eigenvalue weighted by atomic mass is 10.2. The van der Waals surface area contributed by atoms with Gasteiger partial charge in [-0.15, -0.1) is 5.10 Å². The van der Waals surface area contributed by atoms with E-state index in [9.17, 15) is 4.79 Å². The maximum absolute atomic E-state index is 12.0. The van der Waals surface area contributed by atoms with Crippen LogP contribution in [0.25, 0.3) is 6.08 Å². The number of carbonyl (C=O) groups excluding carboxylic acids is 1. The van der Waals surface area contributed by atoms with Crippen LogP contribution in [0.4, 0.5) is 0 Å². The first-order valence-electron chi connectivity index (χ1n) is 8.55. The number of hydrogen-bond acceptors (Lipinski definition) is 5. The molecule has 1 N–H and O–H groups in total. The van der Waals surface area contributed by atoms with Gasteiger partial charge < -0.3 is 14.8 Å². The first-order valence-corrected chi connectivity index (χ1v) is 8.55. The molecule has 0 bridgehead atoms. The number of nitrogens with one attached hydrogen (secondary N) is 1. The van der Waals surface area contributed by atoms with Gasteiger partial charge in [0.25, 0.3) is 0 Å². The largest absolute Gasteiger partial charge is 0.454 e. The van der Waals surface area contributed by atoms with Crippen molar-refractivity contribution in [1.82, 2.24) is 20.3 Å². The summed E-state index contributed by atoms with van der Waals surface area (Å²) < 4.78 is 12.3. The van der Waals surface area contributed by atoms with Crippen molar-refractivity contribution in [2.75, 3.05) is 6.79 Å². The van der Waals surface area contributed by atoms with Gasteiger partial charge in [0.1, 0.15) is 5.69 Å². The number of nitrogens with zero attached hydrogens (tertiary/aromatic N) is 3. The molecule has 0 spiro atoms. The van der Waals surface area contributed by atoms with Crippen LogP contribution >= 0.6 is 0 Å². The van der Waals surface area contributed by atoms with E-state index in [-0.39, 0.29) is 12.7 Å². The van der Waals surface area contributed by atoms with Crippen LogP contribution in [0.2, 0.25) is 0 Å². The minimum absolute atomic E-state index is 0.203. The molecule has 0 unspecified atom stereocenters. The minimum Gasteiger partial charge on any atom is -0.454 e. The van der Waals surface area contributed by atoms with E-state index in [1.165, 1.54) is 6.08 Å². The SMILES string of the molecule is O=C(/C=C/c1cn(Cc2ccccc2)nn1)NCc1ccc2c(c1)OCO2. The number of ether oxygens (including phenoxy) is 2. The first kappa shape index (κ1) is 16.8. The van der Waals surface area contributed by atoms with Gasteiger partial charge >= 0.3 is 0 Å². The van der Waals surface area contributed by atoms with Crippen molar-refractivity contribution in [3.8, 4) is 11.5 Å². The molecule has 27 heavy (non-hydrogen) atoms.